The zero-order chi connectivity index (χ0) is 15.4. The summed E-state index contributed by atoms with van der Waals surface area (Å²) in [6, 6.07) is 11.8. The van der Waals surface area contributed by atoms with Gasteiger partial charge in [-0.05, 0) is 49.6 Å². The van der Waals surface area contributed by atoms with Crippen LogP contribution in [0.4, 0.5) is 0 Å². The van der Waals surface area contributed by atoms with Gasteiger partial charge in [0, 0.05) is 5.56 Å². The number of nitrogens with zero attached hydrogens (tertiary/aromatic N) is 1. The van der Waals surface area contributed by atoms with Gasteiger partial charge in [-0.15, -0.1) is 0 Å². The summed E-state index contributed by atoms with van der Waals surface area (Å²) < 4.78 is 5.87. The Balaban J connectivity index is 2.13. The minimum Gasteiger partial charge on any atom is -0.489 e. The maximum Gasteiger partial charge on any atom is 0.170 e. The average molecular weight is 284 g/mol. The second-order valence-electron chi connectivity index (χ2n) is 5.18. The van der Waals surface area contributed by atoms with Crippen molar-refractivity contribution in [3.8, 4) is 5.75 Å². The van der Waals surface area contributed by atoms with E-state index < -0.39 is 0 Å². The van der Waals surface area contributed by atoms with Gasteiger partial charge >= 0.3 is 0 Å². The minimum atomic E-state index is 0.111. The van der Waals surface area contributed by atoms with Crippen LogP contribution in [0.3, 0.4) is 0 Å². The number of hydrogen-bond acceptors (Lipinski definition) is 3. The third-order valence-corrected chi connectivity index (χ3v) is 3.46. The lowest BCUT2D eigenvalue weighted by atomic mass is 10.1. The first kappa shape index (κ1) is 14.9. The Hall–Kier alpha value is -2.49. The highest BCUT2D eigenvalue weighted by molar-refractivity contribution is 5.97. The van der Waals surface area contributed by atoms with Crippen LogP contribution in [0.2, 0.25) is 0 Å². The van der Waals surface area contributed by atoms with E-state index in [1.54, 1.807) is 0 Å². The van der Waals surface area contributed by atoms with Gasteiger partial charge in [-0.2, -0.15) is 0 Å². The van der Waals surface area contributed by atoms with E-state index in [1.807, 2.05) is 44.2 Å². The van der Waals surface area contributed by atoms with Gasteiger partial charge in [-0.3, -0.25) is 0 Å². The third-order valence-electron chi connectivity index (χ3n) is 3.46. The minimum absolute atomic E-state index is 0.111. The van der Waals surface area contributed by atoms with Crippen LogP contribution in [0, 0.1) is 20.8 Å². The fourth-order valence-corrected chi connectivity index (χ4v) is 2.19. The zero-order valence-corrected chi connectivity index (χ0v) is 12.6. The van der Waals surface area contributed by atoms with Crippen LogP contribution in [-0.4, -0.2) is 11.0 Å². The van der Waals surface area contributed by atoms with Crippen LogP contribution in [0.15, 0.2) is 41.6 Å². The van der Waals surface area contributed by atoms with Gasteiger partial charge in [-0.1, -0.05) is 35.0 Å². The van der Waals surface area contributed by atoms with E-state index in [0.29, 0.717) is 12.2 Å². The first-order chi connectivity index (χ1) is 10.0. The van der Waals surface area contributed by atoms with E-state index in [9.17, 15) is 0 Å². The second kappa shape index (κ2) is 6.31. The summed E-state index contributed by atoms with van der Waals surface area (Å²) in [6.07, 6.45) is 0. The molecule has 0 aromatic heterocycles. The van der Waals surface area contributed by atoms with Crippen LogP contribution in [0.25, 0.3) is 0 Å². The monoisotopic (exact) mass is 284 g/mol. The average Bonchev–Trinajstić information content (AvgIpc) is 2.46. The molecular weight excluding hydrogens is 264 g/mol. The summed E-state index contributed by atoms with van der Waals surface area (Å²) in [5.74, 6) is 1.00. The Bertz CT molecular complexity index is 678. The van der Waals surface area contributed by atoms with Crippen molar-refractivity contribution in [2.45, 2.75) is 27.4 Å². The van der Waals surface area contributed by atoms with Crippen LogP contribution in [0.1, 0.15) is 27.8 Å². The summed E-state index contributed by atoms with van der Waals surface area (Å²) in [5.41, 5.74) is 10.7. The lowest BCUT2D eigenvalue weighted by Gasteiger charge is -2.12. The normalized spacial score (nSPS) is 11.5. The van der Waals surface area contributed by atoms with E-state index >= 15 is 0 Å². The van der Waals surface area contributed by atoms with Crippen molar-refractivity contribution in [3.05, 3.63) is 64.2 Å². The SMILES string of the molecule is Cc1ccc(OCc2ccc(/C(N)=N/O)cc2C)c(C)c1. The van der Waals surface area contributed by atoms with E-state index in [1.165, 1.54) is 5.56 Å². The molecule has 4 nitrogen and oxygen atoms in total. The molecule has 2 aromatic carbocycles. The Morgan fingerprint density at radius 2 is 1.86 bits per heavy atom. The molecule has 0 bridgehead atoms. The number of ether oxygens (including phenoxy) is 1. The summed E-state index contributed by atoms with van der Waals surface area (Å²) in [5, 5.41) is 11.7. The fraction of sp³-hybridized carbons (Fsp3) is 0.235. The number of rotatable bonds is 4. The molecule has 21 heavy (non-hydrogen) atoms. The molecule has 0 spiro atoms. The molecule has 4 heteroatoms. The van der Waals surface area contributed by atoms with Crippen LogP contribution in [-0.2, 0) is 6.61 Å². The first-order valence-electron chi connectivity index (χ1n) is 6.78. The van der Waals surface area contributed by atoms with Crippen LogP contribution >= 0.6 is 0 Å². The molecule has 0 saturated heterocycles. The smallest absolute Gasteiger partial charge is 0.170 e. The van der Waals surface area contributed by atoms with Gasteiger partial charge in [0.05, 0.1) is 0 Å². The molecule has 0 amide bonds. The first-order valence-corrected chi connectivity index (χ1v) is 6.78. The van der Waals surface area contributed by atoms with Crippen molar-refractivity contribution in [2.24, 2.45) is 10.9 Å². The largest absolute Gasteiger partial charge is 0.489 e. The molecule has 0 aliphatic heterocycles. The summed E-state index contributed by atoms with van der Waals surface area (Å²) >= 11 is 0. The molecule has 0 aliphatic rings. The standard InChI is InChI=1S/C17H20N2O2/c1-11-4-7-16(13(3)8-11)21-10-15-6-5-14(9-12(15)2)17(18)19-20/h4-9,20H,10H2,1-3H3,(H2,18,19). The van der Waals surface area contributed by atoms with Crippen molar-refractivity contribution in [1.82, 2.24) is 0 Å². The Morgan fingerprint density at radius 1 is 1.10 bits per heavy atom. The van der Waals surface area contributed by atoms with Gasteiger partial charge in [0.1, 0.15) is 12.4 Å². The molecule has 110 valence electrons. The highest BCUT2D eigenvalue weighted by Crippen LogP contribution is 2.21. The van der Waals surface area contributed by atoms with Crippen molar-refractivity contribution in [1.29, 1.82) is 0 Å². The summed E-state index contributed by atoms with van der Waals surface area (Å²) in [6.45, 7) is 6.57. The molecule has 3 N–H and O–H groups in total. The van der Waals surface area contributed by atoms with E-state index in [4.69, 9.17) is 15.7 Å². The number of oxime groups is 1. The molecule has 0 saturated carbocycles. The van der Waals surface area contributed by atoms with Gasteiger partial charge in [0.15, 0.2) is 5.84 Å². The third kappa shape index (κ3) is 3.54. The van der Waals surface area contributed by atoms with Gasteiger partial charge < -0.3 is 15.7 Å². The van der Waals surface area contributed by atoms with Crippen molar-refractivity contribution >= 4 is 5.84 Å². The quantitative estimate of drug-likeness (QED) is 0.392. The molecule has 0 atom stereocenters. The molecule has 0 heterocycles. The zero-order valence-electron chi connectivity index (χ0n) is 12.6. The van der Waals surface area contributed by atoms with Gasteiger partial charge in [-0.25, -0.2) is 0 Å². The van der Waals surface area contributed by atoms with Crippen molar-refractivity contribution in [2.75, 3.05) is 0 Å². The maximum absolute atomic E-state index is 8.69. The number of hydrogen-bond donors (Lipinski definition) is 2. The number of amidine groups is 1. The van der Waals surface area contributed by atoms with E-state index in [-0.39, 0.29) is 5.84 Å². The second-order valence-corrected chi connectivity index (χ2v) is 5.18. The van der Waals surface area contributed by atoms with Crippen molar-refractivity contribution < 1.29 is 9.94 Å². The topological polar surface area (TPSA) is 67.8 Å². The summed E-state index contributed by atoms with van der Waals surface area (Å²) in [4.78, 5) is 0. The molecule has 0 fully saturated rings. The fourth-order valence-electron chi connectivity index (χ4n) is 2.19. The van der Waals surface area contributed by atoms with Gasteiger partial charge in [0.25, 0.3) is 0 Å². The maximum atomic E-state index is 8.69. The Morgan fingerprint density at radius 3 is 2.48 bits per heavy atom. The van der Waals surface area contributed by atoms with Crippen molar-refractivity contribution in [3.63, 3.8) is 0 Å². The lowest BCUT2D eigenvalue weighted by Crippen LogP contribution is -2.13. The van der Waals surface area contributed by atoms with Gasteiger partial charge in [0.2, 0.25) is 0 Å². The van der Waals surface area contributed by atoms with Crippen LogP contribution in [0.5, 0.6) is 5.75 Å². The molecular formula is C17H20N2O2. The predicted molar refractivity (Wildman–Crippen MR) is 83.9 cm³/mol. The van der Waals surface area contributed by atoms with Crippen LogP contribution < -0.4 is 10.5 Å². The molecule has 0 radical (unpaired) electrons. The Kier molecular flexibility index (Phi) is 4.48. The lowest BCUT2D eigenvalue weighted by molar-refractivity contribution is 0.303. The number of nitrogens with two attached hydrogens (primary N) is 1. The molecule has 0 unspecified atom stereocenters. The predicted octanol–water partition coefficient (Wildman–Crippen LogP) is 3.29. The number of benzene rings is 2. The van der Waals surface area contributed by atoms with E-state index in [2.05, 4.69) is 18.1 Å². The number of aryl methyl sites for hydroxylation is 3. The molecule has 2 rings (SSSR count). The highest BCUT2D eigenvalue weighted by Gasteiger charge is 2.06. The molecule has 2 aromatic rings. The van der Waals surface area contributed by atoms with E-state index in [0.717, 1.165) is 22.4 Å². The Labute approximate surface area is 124 Å². The summed E-state index contributed by atoms with van der Waals surface area (Å²) in [7, 11) is 0. The molecule has 0 aliphatic carbocycles. The highest BCUT2D eigenvalue weighted by atomic mass is 16.5.